The lowest BCUT2D eigenvalue weighted by atomic mass is 10.0. The third-order valence-corrected chi connectivity index (χ3v) is 9.37. The van der Waals surface area contributed by atoms with E-state index < -0.39 is 8.32 Å². The van der Waals surface area contributed by atoms with E-state index in [1.165, 1.54) is 5.56 Å². The van der Waals surface area contributed by atoms with Crippen molar-refractivity contribution in [3.63, 3.8) is 0 Å². The summed E-state index contributed by atoms with van der Waals surface area (Å²) in [7, 11) is -1.83. The molecule has 0 saturated carbocycles. The van der Waals surface area contributed by atoms with E-state index >= 15 is 0 Å². The van der Waals surface area contributed by atoms with Gasteiger partial charge in [-0.2, -0.15) is 0 Å². The van der Waals surface area contributed by atoms with Gasteiger partial charge in [-0.3, -0.25) is 0 Å². The number of benzene rings is 1. The molecule has 0 radical (unpaired) electrons. The SMILES string of the molecule is C[C@@H](O[Si](C)(C)C(C)(C)C)[C@H](C=CCO)COCc1ccccc1. The molecule has 0 amide bonds. The van der Waals surface area contributed by atoms with Crippen LogP contribution in [0.25, 0.3) is 0 Å². The van der Waals surface area contributed by atoms with E-state index in [4.69, 9.17) is 14.3 Å². The second kappa shape index (κ2) is 9.52. The molecule has 0 aliphatic carbocycles. The largest absolute Gasteiger partial charge is 0.414 e. The summed E-state index contributed by atoms with van der Waals surface area (Å²) in [5.74, 6) is 0.134. The minimum Gasteiger partial charge on any atom is -0.414 e. The summed E-state index contributed by atoms with van der Waals surface area (Å²) >= 11 is 0. The van der Waals surface area contributed by atoms with Gasteiger partial charge in [0.05, 0.1) is 25.9 Å². The van der Waals surface area contributed by atoms with Gasteiger partial charge in [0.1, 0.15) is 0 Å². The van der Waals surface area contributed by atoms with Crippen molar-refractivity contribution in [2.75, 3.05) is 13.2 Å². The van der Waals surface area contributed by atoms with Crippen LogP contribution in [0.5, 0.6) is 0 Å². The minimum atomic E-state index is -1.83. The van der Waals surface area contributed by atoms with Crippen LogP contribution in [-0.4, -0.2) is 32.7 Å². The van der Waals surface area contributed by atoms with E-state index in [2.05, 4.69) is 52.9 Å². The van der Waals surface area contributed by atoms with Crippen molar-refractivity contribution in [3.8, 4) is 0 Å². The molecule has 4 heteroatoms. The summed E-state index contributed by atoms with van der Waals surface area (Å²) in [6, 6.07) is 10.2. The monoisotopic (exact) mass is 350 g/mol. The zero-order valence-corrected chi connectivity index (χ0v) is 17.1. The van der Waals surface area contributed by atoms with E-state index in [-0.39, 0.29) is 23.7 Å². The number of hydrogen-bond donors (Lipinski definition) is 1. The van der Waals surface area contributed by atoms with Crippen LogP contribution in [0.15, 0.2) is 42.5 Å². The fraction of sp³-hybridized carbons (Fsp3) is 0.600. The van der Waals surface area contributed by atoms with E-state index in [1.807, 2.05) is 24.3 Å². The number of rotatable bonds is 9. The number of ether oxygens (including phenoxy) is 1. The molecule has 0 saturated heterocycles. The molecule has 1 aromatic rings. The van der Waals surface area contributed by atoms with Crippen LogP contribution >= 0.6 is 0 Å². The summed E-state index contributed by atoms with van der Waals surface area (Å²) in [6.45, 7) is 14.6. The quantitative estimate of drug-likeness (QED) is 0.514. The van der Waals surface area contributed by atoms with E-state index in [0.717, 1.165) is 0 Å². The Kier molecular flexibility index (Phi) is 8.37. The van der Waals surface area contributed by atoms with Gasteiger partial charge in [-0.25, -0.2) is 0 Å². The van der Waals surface area contributed by atoms with Gasteiger partial charge < -0.3 is 14.3 Å². The highest BCUT2D eigenvalue weighted by Gasteiger charge is 2.39. The zero-order chi connectivity index (χ0) is 18.2. The zero-order valence-electron chi connectivity index (χ0n) is 16.1. The molecule has 1 N–H and O–H groups in total. The molecule has 0 aromatic heterocycles. The van der Waals surface area contributed by atoms with E-state index in [1.54, 1.807) is 6.08 Å². The topological polar surface area (TPSA) is 38.7 Å². The molecule has 1 rings (SSSR count). The Morgan fingerprint density at radius 2 is 1.79 bits per heavy atom. The summed E-state index contributed by atoms with van der Waals surface area (Å²) in [4.78, 5) is 0. The molecule has 1 aromatic carbocycles. The van der Waals surface area contributed by atoms with Gasteiger partial charge >= 0.3 is 0 Å². The van der Waals surface area contributed by atoms with Crippen molar-refractivity contribution in [2.45, 2.75) is 58.5 Å². The number of hydrogen-bond acceptors (Lipinski definition) is 3. The average Bonchev–Trinajstić information content (AvgIpc) is 2.50. The van der Waals surface area contributed by atoms with E-state index in [0.29, 0.717) is 13.2 Å². The predicted molar refractivity (Wildman–Crippen MR) is 104 cm³/mol. The second-order valence-corrected chi connectivity index (χ2v) is 12.6. The summed E-state index contributed by atoms with van der Waals surface area (Å²) in [5.41, 5.74) is 1.17. The molecule has 0 unspecified atom stereocenters. The fourth-order valence-corrected chi connectivity index (χ4v) is 3.66. The van der Waals surface area contributed by atoms with E-state index in [9.17, 15) is 0 Å². The van der Waals surface area contributed by atoms with Gasteiger partial charge in [-0.1, -0.05) is 63.3 Å². The molecule has 0 aliphatic heterocycles. The first-order chi connectivity index (χ1) is 11.2. The Balaban J connectivity index is 2.65. The second-order valence-electron chi connectivity index (χ2n) is 7.86. The van der Waals surface area contributed by atoms with Crippen LogP contribution in [0.3, 0.4) is 0 Å². The lowest BCUT2D eigenvalue weighted by molar-refractivity contribution is 0.0522. The first kappa shape index (κ1) is 21.1. The van der Waals surface area contributed by atoms with Crippen LogP contribution in [0.4, 0.5) is 0 Å². The maximum atomic E-state index is 9.10. The van der Waals surface area contributed by atoms with Gasteiger partial charge in [0, 0.05) is 5.92 Å². The first-order valence-electron chi connectivity index (χ1n) is 8.74. The molecular weight excluding hydrogens is 316 g/mol. The normalized spacial score (nSPS) is 15.6. The van der Waals surface area contributed by atoms with Crippen molar-refractivity contribution in [1.82, 2.24) is 0 Å². The number of aliphatic hydroxyl groups excluding tert-OH is 1. The van der Waals surface area contributed by atoms with Gasteiger partial charge in [0.2, 0.25) is 0 Å². The summed E-state index contributed by atoms with van der Waals surface area (Å²) in [6.07, 6.45) is 3.86. The standard InChI is InChI=1S/C20H34O3Si/c1-17(23-24(5,6)20(2,3)4)19(13-10-14-21)16-22-15-18-11-8-7-9-12-18/h7-13,17,19,21H,14-16H2,1-6H3/t17-,19-/m1/s1. The van der Waals surface area contributed by atoms with Gasteiger partial charge in [0.25, 0.3) is 0 Å². The molecule has 0 heterocycles. The van der Waals surface area contributed by atoms with Crippen LogP contribution in [0, 0.1) is 5.92 Å². The molecule has 0 spiro atoms. The molecular formula is C20H34O3Si. The average molecular weight is 351 g/mol. The first-order valence-corrected chi connectivity index (χ1v) is 11.6. The Morgan fingerprint density at radius 1 is 1.17 bits per heavy atom. The number of aliphatic hydroxyl groups is 1. The maximum absolute atomic E-state index is 9.10. The lowest BCUT2D eigenvalue weighted by Gasteiger charge is -2.40. The van der Waals surface area contributed by atoms with Crippen LogP contribution < -0.4 is 0 Å². The smallest absolute Gasteiger partial charge is 0.192 e. The summed E-state index contributed by atoms with van der Waals surface area (Å²) < 4.78 is 12.4. The Labute approximate surface area is 148 Å². The van der Waals surface area contributed by atoms with Gasteiger partial charge in [-0.15, -0.1) is 0 Å². The third kappa shape index (κ3) is 6.89. The van der Waals surface area contributed by atoms with Crippen molar-refractivity contribution in [1.29, 1.82) is 0 Å². The highest BCUT2D eigenvalue weighted by atomic mass is 28.4. The van der Waals surface area contributed by atoms with Crippen molar-refractivity contribution in [2.24, 2.45) is 5.92 Å². The summed E-state index contributed by atoms with van der Waals surface area (Å²) in [5, 5.41) is 9.28. The van der Waals surface area contributed by atoms with Gasteiger partial charge in [-0.05, 0) is 30.6 Å². The highest BCUT2D eigenvalue weighted by molar-refractivity contribution is 6.74. The maximum Gasteiger partial charge on any atom is 0.192 e. The Morgan fingerprint density at radius 3 is 2.33 bits per heavy atom. The van der Waals surface area contributed by atoms with Crippen molar-refractivity contribution < 1.29 is 14.3 Å². The molecule has 3 nitrogen and oxygen atoms in total. The fourth-order valence-electron chi connectivity index (χ4n) is 2.20. The molecule has 136 valence electrons. The van der Waals surface area contributed by atoms with Crippen LogP contribution in [-0.2, 0) is 15.8 Å². The lowest BCUT2D eigenvalue weighted by Crippen LogP contribution is -2.45. The van der Waals surface area contributed by atoms with Crippen LogP contribution in [0.1, 0.15) is 33.3 Å². The minimum absolute atomic E-state index is 0.0436. The van der Waals surface area contributed by atoms with Gasteiger partial charge in [0.15, 0.2) is 8.32 Å². The molecule has 2 atom stereocenters. The molecule has 0 fully saturated rings. The van der Waals surface area contributed by atoms with Crippen LogP contribution in [0.2, 0.25) is 18.1 Å². The molecule has 24 heavy (non-hydrogen) atoms. The third-order valence-electron chi connectivity index (χ3n) is 4.80. The molecule has 0 aliphatic rings. The Hall–Kier alpha value is -0.943. The van der Waals surface area contributed by atoms with Crippen molar-refractivity contribution in [3.05, 3.63) is 48.0 Å². The predicted octanol–water partition coefficient (Wildman–Crippen LogP) is 4.78. The molecule has 0 bridgehead atoms. The Bertz CT molecular complexity index is 491. The highest BCUT2D eigenvalue weighted by Crippen LogP contribution is 2.38. The van der Waals surface area contributed by atoms with Crippen molar-refractivity contribution >= 4 is 8.32 Å².